The number of halogens is 2. The van der Waals surface area contributed by atoms with E-state index in [1.165, 1.54) is 11.1 Å². The summed E-state index contributed by atoms with van der Waals surface area (Å²) in [7, 11) is 0. The lowest BCUT2D eigenvalue weighted by atomic mass is 10.1. The van der Waals surface area contributed by atoms with Crippen LogP contribution in [0.1, 0.15) is 11.1 Å². The van der Waals surface area contributed by atoms with E-state index in [2.05, 4.69) is 21.4 Å². The highest BCUT2D eigenvalue weighted by atomic mass is 79.9. The topological polar surface area (TPSA) is 58.6 Å². The van der Waals surface area contributed by atoms with Gasteiger partial charge in [0.05, 0.1) is 15.2 Å². The van der Waals surface area contributed by atoms with Gasteiger partial charge in [0.1, 0.15) is 12.2 Å². The molecule has 0 aromatic heterocycles. The van der Waals surface area contributed by atoms with E-state index in [9.17, 15) is 9.59 Å². The Morgan fingerprint density at radius 1 is 1.00 bits per heavy atom. The van der Waals surface area contributed by atoms with Crippen LogP contribution in [0.3, 0.4) is 0 Å². The third-order valence-corrected chi connectivity index (χ3v) is 5.33. The highest BCUT2D eigenvalue weighted by molar-refractivity contribution is 9.10. The van der Waals surface area contributed by atoms with Gasteiger partial charge in [-0.25, -0.2) is 5.01 Å². The number of benzene rings is 3. The largest absolute Gasteiger partial charge is 0.486 e. The summed E-state index contributed by atoms with van der Waals surface area (Å²) >= 11 is 9.87. The molecule has 3 aromatic rings. The van der Waals surface area contributed by atoms with Crippen LogP contribution in [-0.4, -0.2) is 11.8 Å². The van der Waals surface area contributed by atoms with Gasteiger partial charge in [0, 0.05) is 0 Å². The maximum absolute atomic E-state index is 12.7. The van der Waals surface area contributed by atoms with Gasteiger partial charge >= 0.3 is 0 Å². The lowest BCUT2D eigenvalue weighted by Crippen LogP contribution is -2.35. The molecule has 0 spiro atoms. The standard InChI is InChI=1S/C23H16BrClN2O3/c24-19-12-16(13-20(25)21(19)30-14-15-7-3-1-4-8-15)11-18-22(28)26-27(23(18)29)17-9-5-2-6-10-17/h1-13H,14H2,(H,26,28)/b18-11-. The van der Waals surface area contributed by atoms with Crippen molar-refractivity contribution in [2.45, 2.75) is 6.61 Å². The number of rotatable bonds is 5. The van der Waals surface area contributed by atoms with Crippen molar-refractivity contribution in [3.05, 3.63) is 99.0 Å². The van der Waals surface area contributed by atoms with Crippen molar-refractivity contribution in [1.29, 1.82) is 0 Å². The van der Waals surface area contributed by atoms with Gasteiger partial charge in [0.2, 0.25) is 0 Å². The Labute approximate surface area is 187 Å². The summed E-state index contributed by atoms with van der Waals surface area (Å²) in [5.41, 5.74) is 4.81. The molecule has 2 amide bonds. The molecule has 1 N–H and O–H groups in total. The maximum atomic E-state index is 12.7. The summed E-state index contributed by atoms with van der Waals surface area (Å²) in [5, 5.41) is 1.60. The smallest absolute Gasteiger partial charge is 0.282 e. The average molecular weight is 484 g/mol. The second-order valence-corrected chi connectivity index (χ2v) is 7.82. The molecule has 7 heteroatoms. The van der Waals surface area contributed by atoms with E-state index in [1.54, 1.807) is 36.4 Å². The fraction of sp³-hybridized carbons (Fsp3) is 0.0435. The molecular formula is C23H16BrClN2O3. The second kappa shape index (κ2) is 8.73. The lowest BCUT2D eigenvalue weighted by Gasteiger charge is -2.14. The molecule has 1 fully saturated rings. The Balaban J connectivity index is 1.56. The van der Waals surface area contributed by atoms with E-state index in [4.69, 9.17) is 16.3 Å². The molecule has 0 unspecified atom stereocenters. The molecule has 0 saturated carbocycles. The van der Waals surface area contributed by atoms with E-state index in [0.29, 0.717) is 33.1 Å². The van der Waals surface area contributed by atoms with Crippen LogP contribution in [0, 0.1) is 0 Å². The van der Waals surface area contributed by atoms with Gasteiger partial charge in [-0.3, -0.25) is 15.0 Å². The number of hydrazine groups is 1. The van der Waals surface area contributed by atoms with E-state index >= 15 is 0 Å². The lowest BCUT2D eigenvalue weighted by molar-refractivity contribution is -0.117. The Morgan fingerprint density at radius 2 is 1.67 bits per heavy atom. The molecule has 0 aliphatic carbocycles. The van der Waals surface area contributed by atoms with Crippen LogP contribution in [0.25, 0.3) is 6.08 Å². The molecule has 1 heterocycles. The van der Waals surface area contributed by atoms with Gasteiger partial charge in [-0.1, -0.05) is 60.1 Å². The minimum atomic E-state index is -0.472. The van der Waals surface area contributed by atoms with E-state index in [-0.39, 0.29) is 5.57 Å². The summed E-state index contributed by atoms with van der Waals surface area (Å²) in [4.78, 5) is 25.1. The van der Waals surface area contributed by atoms with Crippen LogP contribution in [0.5, 0.6) is 5.75 Å². The van der Waals surface area contributed by atoms with E-state index < -0.39 is 11.8 Å². The van der Waals surface area contributed by atoms with Crippen molar-refractivity contribution in [1.82, 2.24) is 5.43 Å². The van der Waals surface area contributed by atoms with E-state index in [0.717, 1.165) is 5.56 Å². The number of nitrogens with zero attached hydrogens (tertiary/aromatic N) is 1. The van der Waals surface area contributed by atoms with Crippen LogP contribution in [0.4, 0.5) is 5.69 Å². The highest BCUT2D eigenvalue weighted by Crippen LogP contribution is 2.36. The summed E-state index contributed by atoms with van der Waals surface area (Å²) in [6.45, 7) is 0.368. The molecular weight excluding hydrogens is 468 g/mol. The molecule has 5 nitrogen and oxygen atoms in total. The highest BCUT2D eigenvalue weighted by Gasteiger charge is 2.34. The van der Waals surface area contributed by atoms with Gasteiger partial charge in [-0.15, -0.1) is 0 Å². The van der Waals surface area contributed by atoms with Crippen molar-refractivity contribution in [3.8, 4) is 5.75 Å². The fourth-order valence-corrected chi connectivity index (χ4v) is 4.00. The molecule has 1 aliphatic heterocycles. The third kappa shape index (κ3) is 4.25. The van der Waals surface area contributed by atoms with Crippen molar-refractivity contribution >= 4 is 51.1 Å². The SMILES string of the molecule is O=C1NN(c2ccccc2)C(=O)/C1=C\c1cc(Cl)c(OCc2ccccc2)c(Br)c1. The molecule has 0 radical (unpaired) electrons. The van der Waals surface area contributed by atoms with Crippen molar-refractivity contribution in [2.75, 3.05) is 5.01 Å². The minimum Gasteiger partial charge on any atom is -0.486 e. The monoisotopic (exact) mass is 482 g/mol. The predicted octanol–water partition coefficient (Wildman–Crippen LogP) is 5.14. The van der Waals surface area contributed by atoms with Gasteiger partial charge in [0.25, 0.3) is 11.8 Å². The number of carbonyl (C=O) groups excluding carboxylic acids is 2. The zero-order valence-corrected chi connectivity index (χ0v) is 18.0. The maximum Gasteiger partial charge on any atom is 0.282 e. The molecule has 150 valence electrons. The zero-order valence-electron chi connectivity index (χ0n) is 15.6. The van der Waals surface area contributed by atoms with Crippen molar-refractivity contribution in [2.24, 2.45) is 0 Å². The Morgan fingerprint density at radius 3 is 2.33 bits per heavy atom. The third-order valence-electron chi connectivity index (χ3n) is 4.46. The Hall–Kier alpha value is -3.09. The molecule has 1 aliphatic rings. The molecule has 3 aromatic carbocycles. The van der Waals surface area contributed by atoms with Crippen molar-refractivity contribution in [3.63, 3.8) is 0 Å². The number of hydrogen-bond acceptors (Lipinski definition) is 3. The van der Waals surface area contributed by atoms with Gasteiger partial charge in [0.15, 0.2) is 5.75 Å². The number of para-hydroxylation sites is 1. The number of hydrogen-bond donors (Lipinski definition) is 1. The Bertz CT molecular complexity index is 1110. The normalized spacial score (nSPS) is 14.9. The van der Waals surface area contributed by atoms with Crippen LogP contribution >= 0.6 is 27.5 Å². The zero-order chi connectivity index (χ0) is 21.1. The number of anilines is 1. The Kier molecular flexibility index (Phi) is 5.88. The first kappa shape index (κ1) is 20.2. The number of carbonyl (C=O) groups is 2. The molecule has 0 atom stereocenters. The summed E-state index contributed by atoms with van der Waals surface area (Å²) in [5.74, 6) is -0.404. The van der Waals surface area contributed by atoms with Crippen molar-refractivity contribution < 1.29 is 14.3 Å². The van der Waals surface area contributed by atoms with Gasteiger partial charge in [-0.05, 0) is 57.4 Å². The summed E-state index contributed by atoms with van der Waals surface area (Å²) < 4.78 is 6.47. The molecule has 1 saturated heterocycles. The van der Waals surface area contributed by atoms with Gasteiger partial charge < -0.3 is 4.74 Å². The number of nitrogens with one attached hydrogen (secondary N) is 1. The predicted molar refractivity (Wildman–Crippen MR) is 120 cm³/mol. The van der Waals surface area contributed by atoms with Crippen LogP contribution in [0.15, 0.2) is 82.8 Å². The van der Waals surface area contributed by atoms with Crippen LogP contribution in [-0.2, 0) is 16.2 Å². The summed E-state index contributed by atoms with van der Waals surface area (Å²) in [6.07, 6.45) is 1.51. The number of amides is 2. The molecule has 4 rings (SSSR count). The summed E-state index contributed by atoms with van der Waals surface area (Å²) in [6, 6.07) is 22.1. The van der Waals surface area contributed by atoms with E-state index in [1.807, 2.05) is 36.4 Å². The first-order valence-corrected chi connectivity index (χ1v) is 10.3. The van der Waals surface area contributed by atoms with Crippen LogP contribution < -0.4 is 15.2 Å². The van der Waals surface area contributed by atoms with Gasteiger partial charge in [-0.2, -0.15) is 0 Å². The number of ether oxygens (including phenoxy) is 1. The average Bonchev–Trinajstić information content (AvgIpc) is 3.03. The molecule has 0 bridgehead atoms. The molecule has 30 heavy (non-hydrogen) atoms. The first-order valence-electron chi connectivity index (χ1n) is 9.11. The minimum absolute atomic E-state index is 0.0276. The van der Waals surface area contributed by atoms with Crippen LogP contribution in [0.2, 0.25) is 5.02 Å². The fourth-order valence-electron chi connectivity index (χ4n) is 3.01. The first-order chi connectivity index (χ1) is 14.5. The quantitative estimate of drug-likeness (QED) is 0.404. The second-order valence-electron chi connectivity index (χ2n) is 6.56.